The number of aromatic nitrogens is 3. The topological polar surface area (TPSA) is 140 Å². The van der Waals surface area contributed by atoms with Crippen molar-refractivity contribution in [3.63, 3.8) is 0 Å². The second kappa shape index (κ2) is 8.05. The standard InChI is InChI=1S/C15H18N6O4S2/c1-3-4-16-14(25)18-9-11(22)21-10(13(23)24)8(5-26-12(9)21)6-27-15-17-7(2)19-20-15/h3,9,12H,1,4-6H2,2H3,(H,23,24)(H2,16,18,25)(H,17,19,20)/t9?,12-/m0/s1. The molecule has 10 nitrogen and oxygen atoms in total. The van der Waals surface area contributed by atoms with E-state index in [9.17, 15) is 19.5 Å². The lowest BCUT2D eigenvalue weighted by atomic mass is 10.0. The Kier molecular flexibility index (Phi) is 5.75. The molecule has 0 saturated carbocycles. The van der Waals surface area contributed by atoms with Crippen LogP contribution in [0.2, 0.25) is 0 Å². The largest absolute Gasteiger partial charge is 0.477 e. The molecule has 2 aliphatic rings. The summed E-state index contributed by atoms with van der Waals surface area (Å²) in [6, 6.07) is -1.24. The number of hydrogen-bond acceptors (Lipinski definition) is 7. The second-order valence-electron chi connectivity index (χ2n) is 5.79. The van der Waals surface area contributed by atoms with Crippen LogP contribution in [0.1, 0.15) is 5.82 Å². The minimum atomic E-state index is -1.16. The van der Waals surface area contributed by atoms with Gasteiger partial charge in [-0.15, -0.1) is 28.5 Å². The molecule has 12 heteroatoms. The van der Waals surface area contributed by atoms with Crippen LogP contribution in [-0.2, 0) is 9.59 Å². The number of hydrogen-bond donors (Lipinski definition) is 4. The van der Waals surface area contributed by atoms with Crippen molar-refractivity contribution in [3.05, 3.63) is 29.7 Å². The normalized spacial score (nSPS) is 21.4. The summed E-state index contributed by atoms with van der Waals surface area (Å²) in [5.41, 5.74) is 0.614. The predicted molar refractivity (Wildman–Crippen MR) is 100 cm³/mol. The van der Waals surface area contributed by atoms with E-state index in [4.69, 9.17) is 0 Å². The number of nitrogens with one attached hydrogen (secondary N) is 3. The van der Waals surface area contributed by atoms with Gasteiger partial charge in [-0.2, -0.15) is 0 Å². The third-order valence-electron chi connectivity index (χ3n) is 3.91. The monoisotopic (exact) mass is 410 g/mol. The van der Waals surface area contributed by atoms with Crippen molar-refractivity contribution in [1.82, 2.24) is 30.7 Å². The number of nitrogens with zero attached hydrogens (tertiary/aromatic N) is 3. The number of rotatable bonds is 7. The molecular weight excluding hydrogens is 392 g/mol. The van der Waals surface area contributed by atoms with Gasteiger partial charge >= 0.3 is 12.0 Å². The van der Waals surface area contributed by atoms with Crippen molar-refractivity contribution in [2.24, 2.45) is 0 Å². The lowest BCUT2D eigenvalue weighted by molar-refractivity contribution is -0.148. The number of carbonyl (C=O) groups excluding carboxylic acids is 2. The first-order valence-electron chi connectivity index (χ1n) is 7.99. The minimum absolute atomic E-state index is 0.0166. The SMILES string of the molecule is C=CCNC(=O)NC1C(=O)N2C(C(=O)O)=C(CSc3nnc(C)[nH]3)CS[C@@H]12. The highest BCUT2D eigenvalue weighted by Gasteiger charge is 2.54. The third kappa shape index (κ3) is 3.95. The average Bonchev–Trinajstić information content (AvgIpc) is 3.06. The maximum absolute atomic E-state index is 12.5. The summed E-state index contributed by atoms with van der Waals surface area (Å²) in [5.74, 6) is -0.103. The van der Waals surface area contributed by atoms with E-state index in [1.807, 2.05) is 0 Å². The first-order chi connectivity index (χ1) is 12.9. The van der Waals surface area contributed by atoms with Crippen LogP contribution in [0.3, 0.4) is 0 Å². The third-order valence-corrected chi connectivity index (χ3v) is 6.19. The molecule has 2 atom stereocenters. The number of amides is 3. The van der Waals surface area contributed by atoms with Gasteiger partial charge in [0.1, 0.15) is 22.9 Å². The van der Waals surface area contributed by atoms with Gasteiger partial charge in [-0.25, -0.2) is 9.59 Å². The van der Waals surface area contributed by atoms with Gasteiger partial charge < -0.3 is 20.7 Å². The molecule has 1 aromatic heterocycles. The Hall–Kier alpha value is -2.47. The van der Waals surface area contributed by atoms with Crippen LogP contribution >= 0.6 is 23.5 Å². The first kappa shape index (κ1) is 19.3. The summed E-state index contributed by atoms with van der Waals surface area (Å²) >= 11 is 2.75. The fourth-order valence-electron chi connectivity index (χ4n) is 2.70. The Morgan fingerprint density at radius 3 is 2.93 bits per heavy atom. The van der Waals surface area contributed by atoms with Crippen LogP contribution in [0.15, 0.2) is 29.1 Å². The maximum atomic E-state index is 12.5. The van der Waals surface area contributed by atoms with Crippen LogP contribution in [0.5, 0.6) is 0 Å². The fraction of sp³-hybridized carbons (Fsp3) is 0.400. The van der Waals surface area contributed by atoms with Crippen LogP contribution < -0.4 is 10.6 Å². The van der Waals surface area contributed by atoms with E-state index < -0.39 is 29.3 Å². The number of aromatic amines is 1. The lowest BCUT2D eigenvalue weighted by Crippen LogP contribution is -2.71. The van der Waals surface area contributed by atoms with Gasteiger partial charge in [0.15, 0.2) is 5.16 Å². The van der Waals surface area contributed by atoms with Gasteiger partial charge in [-0.3, -0.25) is 9.69 Å². The Balaban J connectivity index is 1.70. The van der Waals surface area contributed by atoms with E-state index in [1.54, 1.807) is 6.92 Å². The van der Waals surface area contributed by atoms with Crippen LogP contribution in [0, 0.1) is 6.92 Å². The molecule has 0 bridgehead atoms. The van der Waals surface area contributed by atoms with E-state index in [1.165, 1.54) is 34.5 Å². The highest BCUT2D eigenvalue weighted by atomic mass is 32.2. The number of thioether (sulfide) groups is 2. The number of urea groups is 1. The summed E-state index contributed by atoms with van der Waals surface area (Å²) in [6.07, 6.45) is 1.52. The molecule has 1 unspecified atom stereocenters. The molecule has 3 amide bonds. The fourth-order valence-corrected chi connectivity index (χ4v) is 5.04. The Bertz CT molecular complexity index is 823. The molecule has 144 valence electrons. The van der Waals surface area contributed by atoms with Crippen molar-refractivity contribution in [1.29, 1.82) is 0 Å². The molecule has 0 aromatic carbocycles. The van der Waals surface area contributed by atoms with Crippen LogP contribution in [-0.4, -0.2) is 72.6 Å². The number of carbonyl (C=O) groups is 3. The number of aryl methyl sites for hydroxylation is 1. The quantitative estimate of drug-likeness (QED) is 0.286. The van der Waals surface area contributed by atoms with Gasteiger partial charge in [-0.05, 0) is 12.5 Å². The van der Waals surface area contributed by atoms with Gasteiger partial charge in [0.25, 0.3) is 5.91 Å². The number of β-lactam (4-membered cyclic amide) rings is 1. The van der Waals surface area contributed by atoms with Gasteiger partial charge in [0.05, 0.1) is 0 Å². The first-order valence-corrected chi connectivity index (χ1v) is 10.0. The van der Waals surface area contributed by atoms with E-state index in [0.29, 0.717) is 28.1 Å². The molecule has 4 N–H and O–H groups in total. The zero-order valence-corrected chi connectivity index (χ0v) is 16.0. The van der Waals surface area contributed by atoms with Crippen LogP contribution in [0.25, 0.3) is 0 Å². The zero-order valence-electron chi connectivity index (χ0n) is 14.4. The number of carboxylic acid groups (broad SMARTS) is 1. The molecular formula is C15H18N6O4S2. The van der Waals surface area contributed by atoms with Crippen LogP contribution in [0.4, 0.5) is 4.79 Å². The lowest BCUT2D eigenvalue weighted by Gasteiger charge is -2.49. The molecule has 0 radical (unpaired) electrons. The molecule has 0 aliphatic carbocycles. The molecule has 1 saturated heterocycles. The highest BCUT2D eigenvalue weighted by molar-refractivity contribution is 8.01. The summed E-state index contributed by atoms with van der Waals surface area (Å²) in [6.45, 7) is 5.55. The maximum Gasteiger partial charge on any atom is 0.352 e. The van der Waals surface area contributed by atoms with Crippen molar-refractivity contribution >= 4 is 41.4 Å². The predicted octanol–water partition coefficient (Wildman–Crippen LogP) is 0.313. The Labute approximate surface area is 163 Å². The molecule has 3 heterocycles. The molecule has 27 heavy (non-hydrogen) atoms. The summed E-state index contributed by atoms with van der Waals surface area (Å²) in [7, 11) is 0. The van der Waals surface area contributed by atoms with Gasteiger partial charge in [-0.1, -0.05) is 17.8 Å². The molecule has 0 spiro atoms. The van der Waals surface area contributed by atoms with Crippen molar-refractivity contribution in [2.75, 3.05) is 18.1 Å². The van der Waals surface area contributed by atoms with E-state index >= 15 is 0 Å². The second-order valence-corrected chi connectivity index (χ2v) is 7.86. The number of aliphatic carboxylic acids is 1. The van der Waals surface area contributed by atoms with Crippen molar-refractivity contribution < 1.29 is 19.5 Å². The summed E-state index contributed by atoms with van der Waals surface area (Å²) < 4.78 is 0. The number of H-pyrrole nitrogens is 1. The Morgan fingerprint density at radius 2 is 2.30 bits per heavy atom. The van der Waals surface area contributed by atoms with Crippen molar-refractivity contribution in [3.8, 4) is 0 Å². The van der Waals surface area contributed by atoms with E-state index in [0.717, 1.165) is 0 Å². The molecule has 2 aliphatic heterocycles. The number of carboxylic acids is 1. The summed E-state index contributed by atoms with van der Waals surface area (Å²) in [4.78, 5) is 40.2. The van der Waals surface area contributed by atoms with Gasteiger partial charge in [0, 0.05) is 18.1 Å². The number of fused-ring (bicyclic) bond motifs is 1. The average molecular weight is 410 g/mol. The smallest absolute Gasteiger partial charge is 0.352 e. The molecule has 1 fully saturated rings. The molecule has 1 aromatic rings. The zero-order chi connectivity index (χ0) is 19.6. The summed E-state index contributed by atoms with van der Waals surface area (Å²) in [5, 5.41) is 22.7. The minimum Gasteiger partial charge on any atom is -0.477 e. The highest BCUT2D eigenvalue weighted by Crippen LogP contribution is 2.41. The van der Waals surface area contributed by atoms with E-state index in [-0.39, 0.29) is 12.2 Å². The van der Waals surface area contributed by atoms with E-state index in [2.05, 4.69) is 32.4 Å². The van der Waals surface area contributed by atoms with Crippen molar-refractivity contribution in [2.45, 2.75) is 23.5 Å². The van der Waals surface area contributed by atoms with Gasteiger partial charge in [0.2, 0.25) is 0 Å². The molecule has 3 rings (SSSR count). The Morgan fingerprint density at radius 1 is 1.52 bits per heavy atom.